The van der Waals surface area contributed by atoms with Crippen molar-refractivity contribution in [1.82, 2.24) is 20.0 Å². The molecular weight excluding hydrogens is 344 g/mol. The number of nitrogens with zero attached hydrogens (tertiary/aromatic N) is 2. The van der Waals surface area contributed by atoms with Crippen LogP contribution >= 0.6 is 0 Å². The van der Waals surface area contributed by atoms with E-state index in [1.807, 2.05) is 0 Å². The number of aryl methyl sites for hydroxylation is 1. The average molecular weight is 360 g/mol. The van der Waals surface area contributed by atoms with Crippen molar-refractivity contribution in [3.05, 3.63) is 65.4 Å². The van der Waals surface area contributed by atoms with E-state index >= 15 is 0 Å². The largest absolute Gasteiger partial charge is 0.480 e. The molecule has 3 heterocycles. The summed E-state index contributed by atoms with van der Waals surface area (Å²) in [5.74, 6) is -2.51. The lowest BCUT2D eigenvalue weighted by Gasteiger charge is -2.37. The Morgan fingerprint density at radius 1 is 1.24 bits per heavy atom. The van der Waals surface area contributed by atoms with Crippen LogP contribution in [0.4, 0.5) is 0 Å². The first-order valence-electron chi connectivity index (χ1n) is 7.39. The molecule has 9 heteroatoms. The van der Waals surface area contributed by atoms with Crippen molar-refractivity contribution in [2.75, 3.05) is 5.75 Å². The molecule has 0 saturated heterocycles. The van der Waals surface area contributed by atoms with Gasteiger partial charge in [0.25, 0.3) is 0 Å². The Hall–Kier alpha value is -2.78. The van der Waals surface area contributed by atoms with Crippen molar-refractivity contribution >= 4 is 22.1 Å². The van der Waals surface area contributed by atoms with Crippen molar-refractivity contribution in [2.24, 2.45) is 0 Å². The summed E-state index contributed by atoms with van der Waals surface area (Å²) in [7, 11) is -4.17. The molecular formula is C16H16N4O4S. The Kier molecular flexibility index (Phi) is 4.27. The van der Waals surface area contributed by atoms with Gasteiger partial charge in [0.1, 0.15) is 0 Å². The molecule has 0 aliphatic carbocycles. The van der Waals surface area contributed by atoms with Crippen LogP contribution < -0.4 is 10.0 Å². The fraction of sp³-hybridized carbons (Fsp3) is 0.188. The topological polar surface area (TPSA) is 121 Å². The number of carbonyl (C=O) groups is 1. The normalized spacial score (nSPS) is 19.1. The van der Waals surface area contributed by atoms with Gasteiger partial charge in [-0.2, -0.15) is 4.72 Å². The van der Waals surface area contributed by atoms with E-state index in [-0.39, 0.29) is 0 Å². The number of carboxylic acids is 1. The molecule has 0 radical (unpaired) electrons. The fourth-order valence-electron chi connectivity index (χ4n) is 2.81. The minimum Gasteiger partial charge on any atom is -0.480 e. The van der Waals surface area contributed by atoms with Gasteiger partial charge in [0.05, 0.1) is 11.4 Å². The zero-order chi connectivity index (χ0) is 18.1. The van der Waals surface area contributed by atoms with Crippen molar-refractivity contribution in [3.8, 4) is 0 Å². The highest BCUT2D eigenvalue weighted by molar-refractivity contribution is 7.90. The van der Waals surface area contributed by atoms with Gasteiger partial charge >= 0.3 is 5.97 Å². The van der Waals surface area contributed by atoms with E-state index in [4.69, 9.17) is 5.11 Å². The second-order valence-corrected chi connectivity index (χ2v) is 7.31. The van der Waals surface area contributed by atoms with Gasteiger partial charge in [-0.1, -0.05) is 12.1 Å². The van der Waals surface area contributed by atoms with Crippen LogP contribution in [0.15, 0.2) is 42.9 Å². The maximum Gasteiger partial charge on any atom is 0.320 e. The van der Waals surface area contributed by atoms with E-state index in [0.29, 0.717) is 17.0 Å². The number of aliphatic carboxylic acids is 1. The van der Waals surface area contributed by atoms with Crippen LogP contribution in [-0.2, 0) is 20.5 Å². The fourth-order valence-corrected chi connectivity index (χ4v) is 3.92. The number of pyridine rings is 2. The lowest BCUT2D eigenvalue weighted by Crippen LogP contribution is -2.58. The number of nitrogens with one attached hydrogen (secondary N) is 2. The highest BCUT2D eigenvalue weighted by Gasteiger charge is 2.44. The van der Waals surface area contributed by atoms with E-state index in [9.17, 15) is 13.2 Å². The number of fused-ring (bicyclic) bond motifs is 1. The van der Waals surface area contributed by atoms with Crippen molar-refractivity contribution < 1.29 is 18.3 Å². The average Bonchev–Trinajstić information content (AvgIpc) is 2.54. The molecule has 8 nitrogen and oxygen atoms in total. The molecule has 2 aromatic rings. The van der Waals surface area contributed by atoms with E-state index in [0.717, 1.165) is 5.56 Å². The highest BCUT2D eigenvalue weighted by atomic mass is 32.2. The van der Waals surface area contributed by atoms with Crippen LogP contribution in [0.5, 0.6) is 0 Å². The molecule has 2 aromatic heterocycles. The number of rotatable bonds is 5. The minimum atomic E-state index is -4.17. The van der Waals surface area contributed by atoms with Gasteiger partial charge in [0, 0.05) is 18.0 Å². The number of sulfonamides is 1. The lowest BCUT2D eigenvalue weighted by molar-refractivity contribution is -0.134. The lowest BCUT2D eigenvalue weighted by atomic mass is 9.92. The maximum absolute atomic E-state index is 12.4. The molecule has 1 atom stereocenters. The summed E-state index contributed by atoms with van der Waals surface area (Å²) in [6.07, 6.45) is 6.42. The first kappa shape index (κ1) is 17.1. The van der Waals surface area contributed by atoms with E-state index in [1.54, 1.807) is 43.5 Å². The zero-order valence-electron chi connectivity index (χ0n) is 13.3. The molecule has 3 N–H and O–H groups in total. The van der Waals surface area contributed by atoms with Crippen LogP contribution in [0.3, 0.4) is 0 Å². The maximum atomic E-state index is 12.4. The summed E-state index contributed by atoms with van der Waals surface area (Å²) in [5.41, 5.74) is 0.719. The van der Waals surface area contributed by atoms with Gasteiger partial charge in [-0.05, 0) is 36.9 Å². The van der Waals surface area contributed by atoms with E-state index in [1.165, 1.54) is 12.4 Å². The van der Waals surface area contributed by atoms with E-state index in [2.05, 4.69) is 20.0 Å². The van der Waals surface area contributed by atoms with Crippen molar-refractivity contribution in [1.29, 1.82) is 0 Å². The Labute approximate surface area is 144 Å². The third kappa shape index (κ3) is 3.24. The molecule has 1 aliphatic heterocycles. The van der Waals surface area contributed by atoms with Gasteiger partial charge in [0.2, 0.25) is 10.0 Å². The Morgan fingerprint density at radius 3 is 2.60 bits per heavy atom. The summed E-state index contributed by atoms with van der Waals surface area (Å²) in [6, 6.07) is 7.04. The molecule has 1 unspecified atom stereocenters. The highest BCUT2D eigenvalue weighted by Crippen LogP contribution is 2.32. The molecule has 25 heavy (non-hydrogen) atoms. The predicted octanol–water partition coefficient (Wildman–Crippen LogP) is 0.564. The quantitative estimate of drug-likeness (QED) is 0.712. The minimum absolute atomic E-state index is 0.397. The molecule has 0 bridgehead atoms. The summed E-state index contributed by atoms with van der Waals surface area (Å²) in [4.78, 5) is 19.6. The molecule has 0 amide bonds. The predicted molar refractivity (Wildman–Crippen MR) is 90.7 cm³/mol. The summed E-state index contributed by atoms with van der Waals surface area (Å²) < 4.78 is 27.3. The first-order chi connectivity index (χ1) is 11.8. The third-order valence-corrected chi connectivity index (χ3v) is 4.99. The molecule has 0 aromatic carbocycles. The second-order valence-electron chi connectivity index (χ2n) is 5.59. The Balaban J connectivity index is 2.23. The van der Waals surface area contributed by atoms with Crippen LogP contribution in [0.1, 0.15) is 22.5 Å². The number of hydrogen-bond acceptors (Lipinski definition) is 6. The Morgan fingerprint density at radius 2 is 1.92 bits per heavy atom. The first-order valence-corrected chi connectivity index (χ1v) is 9.04. The summed E-state index contributed by atoms with van der Waals surface area (Å²) >= 11 is 0. The number of hydrogen-bond donors (Lipinski definition) is 3. The molecule has 0 fully saturated rings. The smallest absolute Gasteiger partial charge is 0.320 e. The second kappa shape index (κ2) is 6.26. The van der Waals surface area contributed by atoms with Gasteiger partial charge in [-0.15, -0.1) is 0 Å². The molecule has 3 rings (SSSR count). The number of aromatic nitrogens is 2. The van der Waals surface area contributed by atoms with Gasteiger partial charge < -0.3 is 10.4 Å². The summed E-state index contributed by atoms with van der Waals surface area (Å²) in [5, 5.41) is 11.9. The SMILES string of the molecule is Cc1cccnc1C1(NS(=O)(=O)CC(=O)O)NC=Cc2cccnc21. The molecule has 0 saturated carbocycles. The van der Waals surface area contributed by atoms with Gasteiger partial charge in [-0.3, -0.25) is 14.8 Å². The van der Waals surface area contributed by atoms with Crippen LogP contribution in [0, 0.1) is 6.92 Å². The monoisotopic (exact) mass is 360 g/mol. The molecule has 130 valence electrons. The van der Waals surface area contributed by atoms with E-state index < -0.39 is 27.4 Å². The van der Waals surface area contributed by atoms with Crippen LogP contribution in [0.2, 0.25) is 0 Å². The Bertz CT molecular complexity index is 958. The van der Waals surface area contributed by atoms with Crippen molar-refractivity contribution in [3.63, 3.8) is 0 Å². The standard InChI is InChI=1S/C16H16N4O4S/c1-11-4-2-7-17-14(11)16(20-25(23,24)10-13(21)22)15-12(6-9-19-16)5-3-8-18-15/h2-9,19-20H,10H2,1H3,(H,21,22). The zero-order valence-corrected chi connectivity index (χ0v) is 14.1. The third-order valence-electron chi connectivity index (χ3n) is 3.74. The van der Waals surface area contributed by atoms with Crippen molar-refractivity contribution in [2.45, 2.75) is 12.6 Å². The van der Waals surface area contributed by atoms with Crippen LogP contribution in [-0.4, -0.2) is 35.2 Å². The van der Waals surface area contributed by atoms with Crippen LogP contribution in [0.25, 0.3) is 6.08 Å². The van der Waals surface area contributed by atoms with Gasteiger partial charge in [0.15, 0.2) is 11.4 Å². The van der Waals surface area contributed by atoms with Gasteiger partial charge in [-0.25, -0.2) is 8.42 Å². The molecule has 0 spiro atoms. The molecule has 1 aliphatic rings. The number of carboxylic acid groups (broad SMARTS) is 1. The summed E-state index contributed by atoms with van der Waals surface area (Å²) in [6.45, 7) is 1.79.